The number of carbonyl (C=O) groups excluding carboxylic acids is 1. The highest BCUT2D eigenvalue weighted by molar-refractivity contribution is 6.30. The summed E-state index contributed by atoms with van der Waals surface area (Å²) in [5, 5.41) is 3.44. The van der Waals surface area contributed by atoms with Crippen molar-refractivity contribution >= 4 is 23.5 Å². The molecule has 3 aliphatic rings. The molecule has 34 heavy (non-hydrogen) atoms. The number of halogens is 2. The van der Waals surface area contributed by atoms with Gasteiger partial charge in [-0.2, -0.15) is 0 Å². The maximum absolute atomic E-state index is 14.5. The number of piperidine rings is 1. The Balaban J connectivity index is 1.06. The monoisotopic (exact) mass is 486 g/mol. The highest BCUT2D eigenvalue weighted by Crippen LogP contribution is 2.57. The zero-order chi connectivity index (χ0) is 23.5. The van der Waals surface area contributed by atoms with Crippen LogP contribution in [0.4, 0.5) is 10.3 Å². The molecule has 8 heteroatoms. The van der Waals surface area contributed by atoms with Crippen molar-refractivity contribution in [2.45, 2.75) is 51.4 Å². The van der Waals surface area contributed by atoms with Crippen molar-refractivity contribution in [1.82, 2.24) is 15.3 Å². The minimum Gasteiger partial charge on any atom is -0.493 e. The van der Waals surface area contributed by atoms with Crippen molar-refractivity contribution in [3.63, 3.8) is 0 Å². The van der Waals surface area contributed by atoms with Gasteiger partial charge in [0.05, 0.1) is 30.4 Å². The number of carbonyl (C=O) groups is 1. The van der Waals surface area contributed by atoms with Crippen molar-refractivity contribution in [1.29, 1.82) is 0 Å². The molecule has 1 aliphatic heterocycles. The number of hydrogen-bond donors (Lipinski definition) is 1. The third-order valence-electron chi connectivity index (χ3n) is 7.67. The van der Waals surface area contributed by atoms with Crippen molar-refractivity contribution < 1.29 is 13.9 Å². The Kier molecular flexibility index (Phi) is 6.91. The molecule has 1 aromatic carbocycles. The first-order chi connectivity index (χ1) is 16.5. The number of aromatic nitrogens is 2. The molecule has 0 atom stereocenters. The summed E-state index contributed by atoms with van der Waals surface area (Å²) >= 11 is 5.90. The van der Waals surface area contributed by atoms with Crippen LogP contribution in [-0.2, 0) is 11.2 Å². The molecule has 1 saturated heterocycles. The molecule has 2 heterocycles. The molecule has 3 fully saturated rings. The molecule has 2 aliphatic carbocycles. The van der Waals surface area contributed by atoms with Crippen LogP contribution in [0.15, 0.2) is 30.6 Å². The second kappa shape index (κ2) is 10.1. The maximum Gasteiger partial charge on any atom is 0.225 e. The van der Waals surface area contributed by atoms with Gasteiger partial charge in [-0.25, -0.2) is 14.4 Å². The summed E-state index contributed by atoms with van der Waals surface area (Å²) in [6.45, 7) is 3.20. The first kappa shape index (κ1) is 23.3. The van der Waals surface area contributed by atoms with Gasteiger partial charge in [-0.1, -0.05) is 17.7 Å². The van der Waals surface area contributed by atoms with Gasteiger partial charge in [0.25, 0.3) is 0 Å². The van der Waals surface area contributed by atoms with E-state index < -0.39 is 0 Å². The Morgan fingerprint density at radius 1 is 1.18 bits per heavy atom. The number of anilines is 1. The van der Waals surface area contributed by atoms with Crippen LogP contribution in [0.1, 0.15) is 50.5 Å². The SMILES string of the molecule is O=C(Cc1ccc(OCCC2(C3CCN(c4ncc(Cl)cn4)CC3)CC2)cc1F)NCC1CC1. The Morgan fingerprint density at radius 2 is 1.91 bits per heavy atom. The van der Waals surface area contributed by atoms with Crippen molar-refractivity contribution in [3.05, 3.63) is 47.0 Å². The minimum absolute atomic E-state index is 0.0711. The topological polar surface area (TPSA) is 67.3 Å². The van der Waals surface area contributed by atoms with Crippen molar-refractivity contribution in [3.8, 4) is 5.75 Å². The fourth-order valence-electron chi connectivity index (χ4n) is 5.13. The van der Waals surface area contributed by atoms with E-state index in [-0.39, 0.29) is 18.1 Å². The lowest BCUT2D eigenvalue weighted by atomic mass is 9.79. The van der Waals surface area contributed by atoms with E-state index >= 15 is 0 Å². The molecule has 1 aromatic heterocycles. The number of nitrogens with zero attached hydrogens (tertiary/aromatic N) is 3. The quantitative estimate of drug-likeness (QED) is 0.522. The van der Waals surface area contributed by atoms with Crippen LogP contribution in [-0.4, -0.2) is 42.1 Å². The Labute approximate surface area is 205 Å². The number of benzene rings is 1. The summed E-state index contributed by atoms with van der Waals surface area (Å²) in [5.74, 6) is 2.07. The van der Waals surface area contributed by atoms with Crippen LogP contribution in [0, 0.1) is 23.1 Å². The molecular formula is C26H32ClFN4O2. The highest BCUT2D eigenvalue weighted by atomic mass is 35.5. The van der Waals surface area contributed by atoms with Crippen LogP contribution in [0.3, 0.4) is 0 Å². The summed E-state index contributed by atoms with van der Waals surface area (Å²) < 4.78 is 20.4. The smallest absolute Gasteiger partial charge is 0.225 e. The summed E-state index contributed by atoms with van der Waals surface area (Å²) in [5.41, 5.74) is 0.765. The Hall–Kier alpha value is -2.41. The molecule has 2 aromatic rings. The van der Waals surface area contributed by atoms with Gasteiger partial charge in [-0.05, 0) is 73.8 Å². The third kappa shape index (κ3) is 5.80. The second-order valence-corrected chi connectivity index (χ2v) is 10.5. The first-order valence-corrected chi connectivity index (χ1v) is 12.8. The van der Waals surface area contributed by atoms with Crippen LogP contribution < -0.4 is 15.0 Å². The molecule has 1 N–H and O–H groups in total. The standard InChI is InChI=1S/C26H32ClFN4O2/c27-21-16-30-25(31-17-21)32-10-5-20(6-11-32)26(7-8-26)9-12-34-22-4-3-19(23(28)14-22)13-24(33)29-15-18-1-2-18/h3-4,14,16-18,20H,1-2,5-13,15H2,(H,29,33). The van der Waals surface area contributed by atoms with Gasteiger partial charge >= 0.3 is 0 Å². The zero-order valence-electron chi connectivity index (χ0n) is 19.4. The fourth-order valence-corrected chi connectivity index (χ4v) is 5.23. The molecule has 6 nitrogen and oxygen atoms in total. The lowest BCUT2D eigenvalue weighted by molar-refractivity contribution is -0.120. The van der Waals surface area contributed by atoms with Crippen LogP contribution in [0.5, 0.6) is 5.75 Å². The Morgan fingerprint density at radius 3 is 2.56 bits per heavy atom. The molecule has 0 radical (unpaired) electrons. The molecule has 182 valence electrons. The lowest BCUT2D eigenvalue weighted by Gasteiger charge is -2.36. The van der Waals surface area contributed by atoms with E-state index in [4.69, 9.17) is 16.3 Å². The minimum atomic E-state index is -0.378. The van der Waals surface area contributed by atoms with Gasteiger partial charge < -0.3 is 15.0 Å². The van der Waals surface area contributed by atoms with Crippen molar-refractivity contribution in [2.24, 2.45) is 17.3 Å². The second-order valence-electron chi connectivity index (χ2n) is 10.1. The average molecular weight is 487 g/mol. The first-order valence-electron chi connectivity index (χ1n) is 12.4. The highest BCUT2D eigenvalue weighted by Gasteiger charge is 2.49. The van der Waals surface area contributed by atoms with E-state index in [2.05, 4.69) is 20.2 Å². The Bertz CT molecular complexity index is 1000. The zero-order valence-corrected chi connectivity index (χ0v) is 20.2. The van der Waals surface area contributed by atoms with Gasteiger partial charge in [-0.15, -0.1) is 0 Å². The third-order valence-corrected chi connectivity index (χ3v) is 7.87. The molecule has 5 rings (SSSR count). The van der Waals surface area contributed by atoms with Gasteiger partial charge in [0.2, 0.25) is 11.9 Å². The van der Waals surface area contributed by atoms with E-state index in [0.717, 1.165) is 38.3 Å². The number of amides is 1. The predicted molar refractivity (Wildman–Crippen MR) is 130 cm³/mol. The van der Waals surface area contributed by atoms with E-state index in [9.17, 15) is 9.18 Å². The van der Waals surface area contributed by atoms with Crippen LogP contribution >= 0.6 is 11.6 Å². The fraction of sp³-hybridized carbons (Fsp3) is 0.577. The van der Waals surface area contributed by atoms with E-state index in [0.29, 0.717) is 46.7 Å². The van der Waals surface area contributed by atoms with Gasteiger partial charge in [0, 0.05) is 25.7 Å². The summed E-state index contributed by atoms with van der Waals surface area (Å²) in [4.78, 5) is 22.9. The maximum atomic E-state index is 14.5. The number of nitrogens with one attached hydrogen (secondary N) is 1. The number of rotatable bonds is 10. The largest absolute Gasteiger partial charge is 0.493 e. The molecule has 0 bridgehead atoms. The van der Waals surface area contributed by atoms with Gasteiger partial charge in [0.1, 0.15) is 11.6 Å². The van der Waals surface area contributed by atoms with Crippen LogP contribution in [0.2, 0.25) is 5.02 Å². The summed E-state index contributed by atoms with van der Waals surface area (Å²) in [6, 6.07) is 4.85. The van der Waals surface area contributed by atoms with Gasteiger partial charge in [-0.3, -0.25) is 4.79 Å². The van der Waals surface area contributed by atoms with E-state index in [1.807, 2.05) is 0 Å². The summed E-state index contributed by atoms with van der Waals surface area (Å²) in [7, 11) is 0. The number of ether oxygens (including phenoxy) is 1. The molecule has 1 amide bonds. The summed E-state index contributed by atoms with van der Waals surface area (Å²) in [6.07, 6.45) is 11.4. The normalized spacial score (nSPS) is 19.6. The van der Waals surface area contributed by atoms with Crippen LogP contribution in [0.25, 0.3) is 0 Å². The predicted octanol–water partition coefficient (Wildman–Crippen LogP) is 4.80. The molecule has 0 unspecified atom stereocenters. The van der Waals surface area contributed by atoms with Gasteiger partial charge in [0.15, 0.2) is 0 Å². The van der Waals surface area contributed by atoms with E-state index in [1.165, 1.54) is 31.7 Å². The number of hydrogen-bond acceptors (Lipinski definition) is 5. The molecule has 2 saturated carbocycles. The van der Waals surface area contributed by atoms with E-state index in [1.54, 1.807) is 24.5 Å². The van der Waals surface area contributed by atoms with Crippen molar-refractivity contribution in [2.75, 3.05) is 31.1 Å². The lowest BCUT2D eigenvalue weighted by Crippen LogP contribution is -2.38. The molecule has 0 spiro atoms. The molecular weight excluding hydrogens is 455 g/mol. The average Bonchev–Trinajstić information content (AvgIpc) is 3.76.